The SMILES string of the molecule is CC(=O)OCC1O[C@@H](n2ccnc2[N+](=O)[O-])C(OC(C)=O)C(OC(C)=O)[C@@H]1[18F]. The summed E-state index contributed by atoms with van der Waals surface area (Å²) in [7, 11) is 0. The number of nitrogens with zero attached hydrogens (tertiary/aromatic N) is 3. The van der Waals surface area contributed by atoms with Gasteiger partial charge in [0.05, 0.1) is 0 Å². The van der Waals surface area contributed by atoms with Gasteiger partial charge in [-0.25, -0.2) is 4.39 Å². The molecular formula is C15H18FN3O9. The molecule has 0 saturated carbocycles. The number of rotatable bonds is 6. The topological polar surface area (TPSA) is 149 Å². The summed E-state index contributed by atoms with van der Waals surface area (Å²) in [5, 5.41) is 11.2. The highest BCUT2D eigenvalue weighted by atomic mass is 18.2. The van der Waals surface area contributed by atoms with E-state index in [0.717, 1.165) is 37.7 Å². The maximum Gasteiger partial charge on any atom is 0.436 e. The number of carbonyl (C=O) groups is 3. The molecule has 5 atom stereocenters. The van der Waals surface area contributed by atoms with E-state index in [1.54, 1.807) is 0 Å². The van der Waals surface area contributed by atoms with Crippen LogP contribution < -0.4 is 0 Å². The van der Waals surface area contributed by atoms with Crippen molar-refractivity contribution in [1.82, 2.24) is 9.55 Å². The molecule has 0 aliphatic carbocycles. The number of hydrogen-bond acceptors (Lipinski definition) is 10. The Morgan fingerprint density at radius 1 is 1.21 bits per heavy atom. The van der Waals surface area contributed by atoms with Gasteiger partial charge in [-0.15, -0.1) is 0 Å². The second-order valence-electron chi connectivity index (χ2n) is 5.85. The zero-order valence-corrected chi connectivity index (χ0v) is 15.1. The molecule has 2 rings (SSSR count). The first kappa shape index (κ1) is 21.2. The molecule has 1 aromatic heterocycles. The third kappa shape index (κ3) is 4.79. The molecule has 1 aromatic rings. The fourth-order valence-corrected chi connectivity index (χ4v) is 2.73. The van der Waals surface area contributed by atoms with Crippen molar-refractivity contribution >= 4 is 23.9 Å². The molecule has 0 aromatic carbocycles. The Hall–Kier alpha value is -3.09. The van der Waals surface area contributed by atoms with Crippen LogP contribution in [0.3, 0.4) is 0 Å². The van der Waals surface area contributed by atoms with Crippen molar-refractivity contribution in [1.29, 1.82) is 0 Å². The Morgan fingerprint density at radius 2 is 1.82 bits per heavy atom. The van der Waals surface area contributed by atoms with Gasteiger partial charge in [0.25, 0.3) is 0 Å². The summed E-state index contributed by atoms with van der Waals surface area (Å²) in [5.74, 6) is -3.12. The zero-order chi connectivity index (χ0) is 21.0. The molecule has 0 amide bonds. The average molecular weight is 402 g/mol. The van der Waals surface area contributed by atoms with Gasteiger partial charge in [0.15, 0.2) is 12.3 Å². The highest BCUT2D eigenvalue weighted by molar-refractivity contribution is 5.67. The highest BCUT2D eigenvalue weighted by Gasteiger charge is 2.53. The number of ether oxygens (including phenoxy) is 4. The molecule has 0 spiro atoms. The average Bonchev–Trinajstić information content (AvgIpc) is 3.06. The van der Waals surface area contributed by atoms with Crippen LogP contribution in [0.1, 0.15) is 27.0 Å². The van der Waals surface area contributed by atoms with Crippen molar-refractivity contribution in [3.05, 3.63) is 22.5 Å². The van der Waals surface area contributed by atoms with Gasteiger partial charge in [-0.3, -0.25) is 14.4 Å². The number of carbonyl (C=O) groups excluding carboxylic acids is 3. The Labute approximate surface area is 157 Å². The Kier molecular flexibility index (Phi) is 6.62. The molecule has 1 aliphatic heterocycles. The quantitative estimate of drug-likeness (QED) is 0.284. The van der Waals surface area contributed by atoms with Gasteiger partial charge in [-0.2, -0.15) is 4.57 Å². The number of alkyl halides is 1. The van der Waals surface area contributed by atoms with E-state index in [9.17, 15) is 28.9 Å². The van der Waals surface area contributed by atoms with E-state index in [2.05, 4.69) is 4.98 Å². The minimum atomic E-state index is -2.05. The molecule has 1 fully saturated rings. The van der Waals surface area contributed by atoms with Gasteiger partial charge in [0, 0.05) is 20.8 Å². The number of nitro groups is 1. The molecule has 12 nitrogen and oxygen atoms in total. The molecule has 28 heavy (non-hydrogen) atoms. The smallest absolute Gasteiger partial charge is 0.436 e. The second-order valence-corrected chi connectivity index (χ2v) is 5.85. The summed E-state index contributed by atoms with van der Waals surface area (Å²) >= 11 is 0. The molecular weight excluding hydrogens is 384 g/mol. The second kappa shape index (κ2) is 8.73. The van der Waals surface area contributed by atoms with Gasteiger partial charge in [0.2, 0.25) is 12.3 Å². The molecule has 1 saturated heterocycles. The zero-order valence-electron chi connectivity index (χ0n) is 15.1. The number of esters is 3. The maximum absolute atomic E-state index is 15.0. The summed E-state index contributed by atoms with van der Waals surface area (Å²) in [6, 6.07) is 0. The van der Waals surface area contributed by atoms with E-state index in [1.165, 1.54) is 0 Å². The van der Waals surface area contributed by atoms with Gasteiger partial charge in [0.1, 0.15) is 25.1 Å². The molecule has 3 unspecified atom stereocenters. The summed E-state index contributed by atoms with van der Waals surface area (Å²) in [6.45, 7) is 2.59. The molecule has 13 heteroatoms. The minimum absolute atomic E-state index is 0.556. The Balaban J connectivity index is 2.47. The van der Waals surface area contributed by atoms with Gasteiger partial charge < -0.3 is 29.1 Å². The monoisotopic (exact) mass is 402 g/mol. The summed E-state index contributed by atoms with van der Waals surface area (Å²) < 4.78 is 36.1. The molecule has 2 heterocycles. The van der Waals surface area contributed by atoms with Crippen molar-refractivity contribution in [2.75, 3.05) is 6.61 Å². The van der Waals surface area contributed by atoms with Crippen LogP contribution in [0.2, 0.25) is 0 Å². The summed E-state index contributed by atoms with van der Waals surface area (Å²) in [4.78, 5) is 48.0. The van der Waals surface area contributed by atoms with Crippen molar-refractivity contribution < 1.29 is 42.6 Å². The van der Waals surface area contributed by atoms with Gasteiger partial charge in [-0.05, 0) is 4.92 Å². The van der Waals surface area contributed by atoms with Crippen LogP contribution in [-0.2, 0) is 33.3 Å². The van der Waals surface area contributed by atoms with Crippen LogP contribution >= 0.6 is 0 Å². The van der Waals surface area contributed by atoms with Crippen LogP contribution in [0, 0.1) is 10.1 Å². The summed E-state index contributed by atoms with van der Waals surface area (Å²) in [5.41, 5.74) is 0. The first-order chi connectivity index (χ1) is 13.1. The lowest BCUT2D eigenvalue weighted by atomic mass is 9.98. The van der Waals surface area contributed by atoms with E-state index in [-0.39, 0.29) is 0 Å². The van der Waals surface area contributed by atoms with E-state index < -0.39 is 66.1 Å². The van der Waals surface area contributed by atoms with Crippen molar-refractivity contribution in [3.8, 4) is 0 Å². The van der Waals surface area contributed by atoms with Crippen molar-refractivity contribution in [2.45, 2.75) is 51.5 Å². The maximum atomic E-state index is 15.0. The fraction of sp³-hybridized carbons (Fsp3) is 0.600. The van der Waals surface area contributed by atoms with Crippen molar-refractivity contribution in [2.24, 2.45) is 0 Å². The Bertz CT molecular complexity index is 768. The lowest BCUT2D eigenvalue weighted by Gasteiger charge is -2.41. The fourth-order valence-electron chi connectivity index (χ4n) is 2.73. The predicted molar refractivity (Wildman–Crippen MR) is 85.4 cm³/mol. The normalized spacial score (nSPS) is 26.9. The number of halogens is 1. The predicted octanol–water partition coefficient (Wildman–Crippen LogP) is 0.453. The highest BCUT2D eigenvalue weighted by Crippen LogP contribution is 2.36. The largest absolute Gasteiger partial charge is 0.463 e. The van der Waals surface area contributed by atoms with Gasteiger partial charge >= 0.3 is 23.9 Å². The van der Waals surface area contributed by atoms with Crippen LogP contribution in [-0.4, -0.2) is 63.5 Å². The van der Waals surface area contributed by atoms with E-state index >= 15 is 0 Å². The lowest BCUT2D eigenvalue weighted by Crippen LogP contribution is -2.57. The minimum Gasteiger partial charge on any atom is -0.463 e. The third-order valence-electron chi connectivity index (χ3n) is 3.73. The van der Waals surface area contributed by atoms with Crippen LogP contribution in [0.25, 0.3) is 0 Å². The number of aromatic nitrogens is 2. The van der Waals surface area contributed by atoms with Gasteiger partial charge in [-0.1, -0.05) is 4.98 Å². The molecule has 154 valence electrons. The van der Waals surface area contributed by atoms with Crippen molar-refractivity contribution in [3.63, 3.8) is 0 Å². The molecule has 1 aliphatic rings. The Morgan fingerprint density at radius 3 is 2.36 bits per heavy atom. The number of imidazole rings is 1. The van der Waals surface area contributed by atoms with E-state index in [4.69, 9.17) is 18.9 Å². The molecule has 0 radical (unpaired) electrons. The van der Waals surface area contributed by atoms with Crippen LogP contribution in [0.4, 0.5) is 10.3 Å². The molecule has 0 N–H and O–H groups in total. The van der Waals surface area contributed by atoms with E-state index in [1.807, 2.05) is 0 Å². The standard InChI is InChI=1S/C15H18FN3O9/c1-7(20)25-6-10-11(16)12(26-8(2)21)13(27-9(3)22)14(28-10)18-5-4-17-15(18)19(23)24/h4-5,10-14H,6H2,1-3H3/t10?,11-,12?,13?,14-/m1/s1/i16-1. The van der Waals surface area contributed by atoms with Crippen LogP contribution in [0.15, 0.2) is 12.4 Å². The third-order valence-corrected chi connectivity index (χ3v) is 3.73. The van der Waals surface area contributed by atoms with E-state index in [0.29, 0.717) is 0 Å². The number of hydrogen-bond donors (Lipinski definition) is 0. The molecule has 0 bridgehead atoms. The van der Waals surface area contributed by atoms with Crippen LogP contribution in [0.5, 0.6) is 0 Å². The lowest BCUT2D eigenvalue weighted by molar-refractivity contribution is -0.400. The first-order valence-electron chi connectivity index (χ1n) is 8.06. The first-order valence-corrected chi connectivity index (χ1v) is 8.06. The summed E-state index contributed by atoms with van der Waals surface area (Å²) in [6.07, 6.45) is -5.94.